The molecule has 3 aromatic rings. The maximum atomic E-state index is 14.4. The Morgan fingerprint density at radius 3 is 2.74 bits per heavy atom. The molecule has 1 aliphatic heterocycles. The van der Waals surface area contributed by atoms with Gasteiger partial charge in [-0.25, -0.2) is 9.37 Å². The van der Waals surface area contributed by atoms with Gasteiger partial charge in [-0.2, -0.15) is 0 Å². The van der Waals surface area contributed by atoms with Crippen LogP contribution in [-0.4, -0.2) is 39.7 Å². The van der Waals surface area contributed by atoms with Crippen molar-refractivity contribution in [2.24, 2.45) is 0 Å². The van der Waals surface area contributed by atoms with Crippen LogP contribution in [0.15, 0.2) is 54.7 Å². The molecule has 3 N–H and O–H groups in total. The number of nitrogens with one attached hydrogen (secondary N) is 2. The summed E-state index contributed by atoms with van der Waals surface area (Å²) >= 11 is 1.00. The lowest BCUT2D eigenvalue weighted by Gasteiger charge is -2.13. The van der Waals surface area contributed by atoms with Gasteiger partial charge in [-0.3, -0.25) is 14.9 Å². The van der Waals surface area contributed by atoms with Crippen molar-refractivity contribution >= 4 is 28.7 Å². The van der Waals surface area contributed by atoms with E-state index >= 15 is 0 Å². The molecule has 7 nitrogen and oxygen atoms in total. The van der Waals surface area contributed by atoms with Crippen molar-refractivity contribution < 1.29 is 23.8 Å². The first-order chi connectivity index (χ1) is 16.4. The molecule has 2 aromatic carbocycles. The normalized spacial score (nSPS) is 15.3. The van der Waals surface area contributed by atoms with E-state index in [1.165, 1.54) is 6.07 Å². The number of aryl methyl sites for hydroxylation is 1. The van der Waals surface area contributed by atoms with Crippen LogP contribution in [0.25, 0.3) is 11.1 Å². The quantitative estimate of drug-likeness (QED) is 0.424. The molecule has 1 unspecified atom stereocenters. The van der Waals surface area contributed by atoms with Crippen LogP contribution < -0.4 is 15.4 Å². The largest absolute Gasteiger partial charge is 0.488 e. The van der Waals surface area contributed by atoms with E-state index < -0.39 is 11.1 Å². The van der Waals surface area contributed by atoms with E-state index in [1.807, 2.05) is 43.3 Å². The summed E-state index contributed by atoms with van der Waals surface area (Å²) < 4.78 is 19.7. The standard InChI is InChI=1S/C25H24FN3O4S/c1-15-9-21(33-8-7-30)20(26)12-19(15)18-4-2-3-16(10-18)13-27-23-6-5-17(14-28-23)11-22-24(31)29-25(32)34-22/h2-6,9-10,12,14,22,30H,7-8,11,13H2,1H3,(H,27,28)(H,29,31,32). The second-order valence-electron chi connectivity index (χ2n) is 7.86. The van der Waals surface area contributed by atoms with E-state index in [1.54, 1.807) is 12.3 Å². The van der Waals surface area contributed by atoms with Crippen molar-refractivity contribution in [3.05, 3.63) is 77.2 Å². The molecule has 1 aliphatic rings. The summed E-state index contributed by atoms with van der Waals surface area (Å²) in [4.78, 5) is 27.4. The number of hydrogen-bond acceptors (Lipinski definition) is 7. The van der Waals surface area contributed by atoms with Gasteiger partial charge in [-0.05, 0) is 65.4 Å². The number of anilines is 1. The Hall–Kier alpha value is -3.43. The topological polar surface area (TPSA) is 101 Å². The Kier molecular flexibility index (Phi) is 7.44. The molecule has 1 atom stereocenters. The minimum absolute atomic E-state index is 0.0421. The third kappa shape index (κ3) is 5.73. The Bertz CT molecular complexity index is 1200. The SMILES string of the molecule is Cc1cc(OCCO)c(F)cc1-c1cccc(CNc2ccc(CC3SC(=O)NC3=O)cn2)c1. The minimum atomic E-state index is -0.472. The first-order valence-electron chi connectivity index (χ1n) is 10.8. The molecule has 4 rings (SSSR count). The van der Waals surface area contributed by atoms with Crippen molar-refractivity contribution in [3.8, 4) is 16.9 Å². The van der Waals surface area contributed by atoms with E-state index in [9.17, 15) is 14.0 Å². The number of halogens is 1. The van der Waals surface area contributed by atoms with Crippen molar-refractivity contribution in [1.29, 1.82) is 0 Å². The molecule has 2 heterocycles. The second-order valence-corrected chi connectivity index (χ2v) is 9.04. The van der Waals surface area contributed by atoms with Crippen LogP contribution in [0.3, 0.4) is 0 Å². The number of nitrogens with zero attached hydrogens (tertiary/aromatic N) is 1. The van der Waals surface area contributed by atoms with Crippen molar-refractivity contribution in [2.45, 2.75) is 25.1 Å². The van der Waals surface area contributed by atoms with E-state index in [2.05, 4.69) is 15.6 Å². The molecule has 34 heavy (non-hydrogen) atoms. The van der Waals surface area contributed by atoms with Crippen LogP contribution in [0.4, 0.5) is 15.0 Å². The van der Waals surface area contributed by atoms with Crippen molar-refractivity contribution in [3.63, 3.8) is 0 Å². The zero-order valence-electron chi connectivity index (χ0n) is 18.5. The maximum absolute atomic E-state index is 14.4. The fraction of sp³-hybridized carbons (Fsp3) is 0.240. The lowest BCUT2D eigenvalue weighted by molar-refractivity contribution is -0.118. The van der Waals surface area contributed by atoms with Crippen LogP contribution in [0, 0.1) is 12.7 Å². The predicted molar refractivity (Wildman–Crippen MR) is 129 cm³/mol. The van der Waals surface area contributed by atoms with Gasteiger partial charge in [0, 0.05) is 12.7 Å². The highest BCUT2D eigenvalue weighted by atomic mass is 32.2. The number of aliphatic hydroxyl groups excluding tert-OH is 1. The highest BCUT2D eigenvalue weighted by Crippen LogP contribution is 2.30. The summed E-state index contributed by atoms with van der Waals surface area (Å²) in [6.45, 7) is 2.28. The number of imide groups is 1. The number of benzene rings is 2. The van der Waals surface area contributed by atoms with Gasteiger partial charge in [0.1, 0.15) is 12.4 Å². The fourth-order valence-corrected chi connectivity index (χ4v) is 4.52. The summed E-state index contributed by atoms with van der Waals surface area (Å²) in [6.07, 6.45) is 2.14. The van der Waals surface area contributed by atoms with E-state index in [0.29, 0.717) is 18.8 Å². The lowest BCUT2D eigenvalue weighted by Crippen LogP contribution is -2.25. The number of aromatic nitrogens is 1. The molecule has 2 amide bonds. The number of ether oxygens (including phenoxy) is 1. The average molecular weight is 482 g/mol. The number of amides is 2. The summed E-state index contributed by atoms with van der Waals surface area (Å²) in [6, 6.07) is 14.6. The molecule has 1 fully saturated rings. The van der Waals surface area contributed by atoms with Gasteiger partial charge in [-0.1, -0.05) is 36.0 Å². The van der Waals surface area contributed by atoms with Crippen molar-refractivity contribution in [1.82, 2.24) is 10.3 Å². The number of hydrogen-bond donors (Lipinski definition) is 3. The van der Waals surface area contributed by atoms with Crippen LogP contribution in [0.2, 0.25) is 0 Å². The summed E-state index contributed by atoms with van der Waals surface area (Å²) in [5.41, 5.74) is 4.40. The van der Waals surface area contributed by atoms with Crippen LogP contribution in [0.5, 0.6) is 5.75 Å². The summed E-state index contributed by atoms with van der Waals surface area (Å²) in [7, 11) is 0. The van der Waals surface area contributed by atoms with Crippen molar-refractivity contribution in [2.75, 3.05) is 18.5 Å². The minimum Gasteiger partial charge on any atom is -0.488 e. The third-order valence-electron chi connectivity index (χ3n) is 5.35. The molecule has 0 spiro atoms. The molecular weight excluding hydrogens is 457 g/mol. The van der Waals surface area contributed by atoms with Gasteiger partial charge in [-0.15, -0.1) is 0 Å². The third-order valence-corrected chi connectivity index (χ3v) is 6.33. The van der Waals surface area contributed by atoms with Gasteiger partial charge < -0.3 is 15.2 Å². The van der Waals surface area contributed by atoms with E-state index in [-0.39, 0.29) is 30.1 Å². The molecule has 0 saturated carbocycles. The Labute approximate surface area is 200 Å². The Balaban J connectivity index is 1.40. The molecule has 9 heteroatoms. The Morgan fingerprint density at radius 1 is 1.18 bits per heavy atom. The van der Waals surface area contributed by atoms with Gasteiger partial charge in [0.25, 0.3) is 5.24 Å². The first kappa shape index (κ1) is 23.7. The van der Waals surface area contributed by atoms with Gasteiger partial charge in [0.05, 0.1) is 11.9 Å². The van der Waals surface area contributed by atoms with Crippen LogP contribution >= 0.6 is 11.8 Å². The van der Waals surface area contributed by atoms with E-state index in [4.69, 9.17) is 9.84 Å². The molecule has 0 radical (unpaired) electrons. The number of thioether (sulfide) groups is 1. The van der Waals surface area contributed by atoms with E-state index in [0.717, 1.165) is 39.6 Å². The summed E-state index contributed by atoms with van der Waals surface area (Å²) in [5.74, 6) is 0.0713. The number of carbonyl (C=O) groups is 2. The fourth-order valence-electron chi connectivity index (χ4n) is 3.67. The zero-order chi connectivity index (χ0) is 24.1. The van der Waals surface area contributed by atoms with Gasteiger partial charge >= 0.3 is 0 Å². The van der Waals surface area contributed by atoms with Gasteiger partial charge in [0.15, 0.2) is 11.6 Å². The monoisotopic (exact) mass is 481 g/mol. The molecule has 1 saturated heterocycles. The molecule has 176 valence electrons. The highest BCUT2D eigenvalue weighted by Gasteiger charge is 2.31. The average Bonchev–Trinajstić information content (AvgIpc) is 3.15. The molecular formula is C25H24FN3O4S. The molecule has 0 aliphatic carbocycles. The van der Waals surface area contributed by atoms with Crippen LogP contribution in [0.1, 0.15) is 16.7 Å². The predicted octanol–water partition coefficient (Wildman–Crippen LogP) is 4.07. The number of pyridine rings is 1. The number of carbonyl (C=O) groups excluding carboxylic acids is 2. The number of rotatable bonds is 9. The van der Waals surface area contributed by atoms with Gasteiger partial charge in [0.2, 0.25) is 5.91 Å². The Morgan fingerprint density at radius 2 is 2.03 bits per heavy atom. The maximum Gasteiger partial charge on any atom is 0.286 e. The lowest BCUT2D eigenvalue weighted by atomic mass is 9.98. The zero-order valence-corrected chi connectivity index (χ0v) is 19.3. The first-order valence-corrected chi connectivity index (χ1v) is 11.6. The second kappa shape index (κ2) is 10.7. The highest BCUT2D eigenvalue weighted by molar-refractivity contribution is 8.15. The van der Waals surface area contributed by atoms with Crippen LogP contribution in [-0.2, 0) is 17.8 Å². The summed E-state index contributed by atoms with van der Waals surface area (Å²) in [5, 5.41) is 13.7. The molecule has 0 bridgehead atoms. The smallest absolute Gasteiger partial charge is 0.286 e. The molecule has 1 aromatic heterocycles. The number of aliphatic hydroxyl groups is 1.